The van der Waals surface area contributed by atoms with E-state index in [-0.39, 0.29) is 0 Å². The van der Waals surface area contributed by atoms with Crippen LogP contribution in [0.5, 0.6) is 0 Å². The van der Waals surface area contributed by atoms with E-state index < -0.39 is 0 Å². The van der Waals surface area contributed by atoms with E-state index in [0.717, 1.165) is 13.0 Å². The molecule has 0 fully saturated rings. The van der Waals surface area contributed by atoms with Crippen molar-refractivity contribution in [3.8, 4) is 0 Å². The van der Waals surface area contributed by atoms with Crippen molar-refractivity contribution in [2.45, 2.75) is 39.0 Å². The Kier molecular flexibility index (Phi) is 4.58. The predicted molar refractivity (Wildman–Crippen MR) is 51.9 cm³/mol. The van der Waals surface area contributed by atoms with Crippen molar-refractivity contribution in [3.63, 3.8) is 0 Å². The number of hydrogen-bond donors (Lipinski definition) is 0. The van der Waals surface area contributed by atoms with Crippen LogP contribution in [0.4, 0.5) is 0 Å². The smallest absolute Gasteiger partial charge is 0.0873 e. The summed E-state index contributed by atoms with van der Waals surface area (Å²) in [4.78, 5) is 0. The number of allylic oxidation sites excluding steroid dienone is 3. The summed E-state index contributed by atoms with van der Waals surface area (Å²) < 4.78 is 5.42. The van der Waals surface area contributed by atoms with Crippen LogP contribution in [0.25, 0.3) is 0 Å². The van der Waals surface area contributed by atoms with Gasteiger partial charge in [-0.1, -0.05) is 25.5 Å². The highest BCUT2D eigenvalue weighted by molar-refractivity contribution is 5.10. The molecule has 0 spiro atoms. The second kappa shape index (κ2) is 5.87. The first-order valence-electron chi connectivity index (χ1n) is 4.88. The molecule has 0 N–H and O–H groups in total. The summed E-state index contributed by atoms with van der Waals surface area (Å²) in [6, 6.07) is 0. The Labute approximate surface area is 75.1 Å². The van der Waals surface area contributed by atoms with Gasteiger partial charge >= 0.3 is 0 Å². The Balaban J connectivity index is 2.13. The minimum atomic E-state index is 0.879. The van der Waals surface area contributed by atoms with E-state index in [1.807, 2.05) is 6.26 Å². The Morgan fingerprint density at radius 3 is 3.08 bits per heavy atom. The third-order valence-corrected chi connectivity index (χ3v) is 2.04. The van der Waals surface area contributed by atoms with Gasteiger partial charge in [0.2, 0.25) is 0 Å². The van der Waals surface area contributed by atoms with Crippen molar-refractivity contribution in [3.05, 3.63) is 24.0 Å². The van der Waals surface area contributed by atoms with Crippen molar-refractivity contribution in [2.24, 2.45) is 0 Å². The van der Waals surface area contributed by atoms with Gasteiger partial charge in [0.15, 0.2) is 0 Å². The van der Waals surface area contributed by atoms with Crippen LogP contribution in [0.15, 0.2) is 24.0 Å². The topological polar surface area (TPSA) is 9.23 Å². The molecule has 1 aliphatic carbocycles. The van der Waals surface area contributed by atoms with Crippen LogP contribution in [0, 0.1) is 0 Å². The zero-order valence-corrected chi connectivity index (χ0v) is 7.88. The monoisotopic (exact) mass is 166 g/mol. The first kappa shape index (κ1) is 9.37. The van der Waals surface area contributed by atoms with Gasteiger partial charge in [-0.2, -0.15) is 0 Å². The summed E-state index contributed by atoms with van der Waals surface area (Å²) in [5.41, 5.74) is 1.44. The van der Waals surface area contributed by atoms with Gasteiger partial charge in [-0.05, 0) is 31.3 Å². The van der Waals surface area contributed by atoms with Crippen molar-refractivity contribution in [2.75, 3.05) is 6.61 Å². The minimum Gasteiger partial charge on any atom is -0.501 e. The summed E-state index contributed by atoms with van der Waals surface area (Å²) >= 11 is 0. The first-order valence-corrected chi connectivity index (χ1v) is 4.88. The van der Waals surface area contributed by atoms with Crippen molar-refractivity contribution in [1.82, 2.24) is 0 Å². The quantitative estimate of drug-likeness (QED) is 0.353. The molecule has 0 bridgehead atoms. The molecule has 0 radical (unpaired) electrons. The highest BCUT2D eigenvalue weighted by Gasteiger charge is 1.98. The summed E-state index contributed by atoms with van der Waals surface area (Å²) in [5.74, 6) is 0. The molecule has 0 saturated heterocycles. The van der Waals surface area contributed by atoms with Gasteiger partial charge in [0, 0.05) is 0 Å². The van der Waals surface area contributed by atoms with Crippen LogP contribution < -0.4 is 0 Å². The fourth-order valence-electron chi connectivity index (χ4n) is 1.23. The van der Waals surface area contributed by atoms with Gasteiger partial charge in [-0.25, -0.2) is 0 Å². The molecule has 0 unspecified atom stereocenters. The van der Waals surface area contributed by atoms with Crippen molar-refractivity contribution < 1.29 is 4.74 Å². The zero-order valence-electron chi connectivity index (χ0n) is 7.88. The molecule has 1 heteroatoms. The molecule has 0 saturated carbocycles. The molecular formula is C11H18O. The Morgan fingerprint density at radius 2 is 2.42 bits per heavy atom. The average Bonchev–Trinajstić information content (AvgIpc) is 2.14. The third kappa shape index (κ3) is 3.61. The second-order valence-corrected chi connectivity index (χ2v) is 3.21. The molecule has 0 heterocycles. The van der Waals surface area contributed by atoms with Crippen LogP contribution in [-0.2, 0) is 4.74 Å². The lowest BCUT2D eigenvalue weighted by Gasteiger charge is -2.08. The van der Waals surface area contributed by atoms with E-state index in [2.05, 4.69) is 19.1 Å². The summed E-state index contributed by atoms with van der Waals surface area (Å²) in [5, 5.41) is 0. The van der Waals surface area contributed by atoms with E-state index in [0.29, 0.717) is 0 Å². The molecule has 1 rings (SSSR count). The molecule has 0 aromatic heterocycles. The lowest BCUT2D eigenvalue weighted by atomic mass is 10.0. The first-order chi connectivity index (χ1) is 5.93. The molecular weight excluding hydrogens is 148 g/mol. The summed E-state index contributed by atoms with van der Waals surface area (Å²) in [7, 11) is 0. The SMILES string of the molecule is CCCCO/C=C1\CC=CCC1. The molecule has 0 amide bonds. The Morgan fingerprint density at radius 1 is 1.50 bits per heavy atom. The maximum Gasteiger partial charge on any atom is 0.0873 e. The van der Waals surface area contributed by atoms with Crippen LogP contribution in [0.3, 0.4) is 0 Å². The van der Waals surface area contributed by atoms with Gasteiger partial charge in [0.25, 0.3) is 0 Å². The lowest BCUT2D eigenvalue weighted by Crippen LogP contribution is -1.91. The number of unbranched alkanes of at least 4 members (excludes halogenated alkanes) is 1. The lowest BCUT2D eigenvalue weighted by molar-refractivity contribution is 0.239. The second-order valence-electron chi connectivity index (χ2n) is 3.21. The van der Waals surface area contributed by atoms with Gasteiger partial charge in [-0.3, -0.25) is 0 Å². The Bertz CT molecular complexity index is 168. The highest BCUT2D eigenvalue weighted by atomic mass is 16.5. The van der Waals surface area contributed by atoms with Gasteiger partial charge < -0.3 is 4.74 Å². The molecule has 68 valence electrons. The third-order valence-electron chi connectivity index (χ3n) is 2.04. The number of rotatable bonds is 4. The van der Waals surface area contributed by atoms with E-state index in [1.165, 1.54) is 31.3 Å². The standard InChI is InChI=1S/C11H18O/c1-2-3-9-12-10-11-7-5-4-6-8-11/h4-5,10H,2-3,6-9H2,1H3/b11-10+. The predicted octanol–water partition coefficient (Wildman–Crippen LogP) is 3.43. The van der Waals surface area contributed by atoms with Gasteiger partial charge in [0.1, 0.15) is 0 Å². The average molecular weight is 166 g/mol. The highest BCUT2D eigenvalue weighted by Crippen LogP contribution is 2.16. The molecule has 0 aromatic rings. The largest absolute Gasteiger partial charge is 0.501 e. The van der Waals surface area contributed by atoms with Gasteiger partial charge in [-0.15, -0.1) is 0 Å². The Hall–Kier alpha value is -0.720. The number of hydrogen-bond acceptors (Lipinski definition) is 1. The fourth-order valence-corrected chi connectivity index (χ4v) is 1.23. The molecule has 12 heavy (non-hydrogen) atoms. The van der Waals surface area contributed by atoms with E-state index in [4.69, 9.17) is 4.74 Å². The molecule has 0 aromatic carbocycles. The van der Waals surface area contributed by atoms with Crippen LogP contribution in [0.2, 0.25) is 0 Å². The summed E-state index contributed by atoms with van der Waals surface area (Å²) in [6.45, 7) is 3.06. The minimum absolute atomic E-state index is 0.879. The molecule has 0 aliphatic heterocycles. The maximum absolute atomic E-state index is 5.42. The van der Waals surface area contributed by atoms with Gasteiger partial charge in [0.05, 0.1) is 12.9 Å². The number of ether oxygens (including phenoxy) is 1. The summed E-state index contributed by atoms with van der Waals surface area (Å²) in [6.07, 6.45) is 12.3. The van der Waals surface area contributed by atoms with E-state index in [1.54, 1.807) is 0 Å². The van der Waals surface area contributed by atoms with Crippen LogP contribution in [-0.4, -0.2) is 6.61 Å². The van der Waals surface area contributed by atoms with Crippen LogP contribution >= 0.6 is 0 Å². The normalized spacial score (nSPS) is 19.9. The van der Waals surface area contributed by atoms with Crippen LogP contribution in [0.1, 0.15) is 39.0 Å². The molecule has 0 atom stereocenters. The van der Waals surface area contributed by atoms with Crippen molar-refractivity contribution >= 4 is 0 Å². The zero-order chi connectivity index (χ0) is 8.65. The van der Waals surface area contributed by atoms with E-state index >= 15 is 0 Å². The van der Waals surface area contributed by atoms with E-state index in [9.17, 15) is 0 Å². The van der Waals surface area contributed by atoms with Crippen molar-refractivity contribution in [1.29, 1.82) is 0 Å². The molecule has 1 aliphatic rings. The molecule has 1 nitrogen and oxygen atoms in total. The fraction of sp³-hybridized carbons (Fsp3) is 0.636. The maximum atomic E-state index is 5.42.